The standard InChI is InChI=1S/C18H22IN3O2/c1-13-4-3-5-18(21-13)22(11-19)9-8-20-14(2)15-6-7-16-17(10-15)24-12-23-16/h3-7,10,14,20H,8-9,11-12H2,1-2H3. The maximum atomic E-state index is 5.45. The predicted octanol–water partition coefficient (Wildman–Crippen LogP) is 3.67. The number of pyridine rings is 1. The highest BCUT2D eigenvalue weighted by atomic mass is 127. The zero-order valence-corrected chi connectivity index (χ0v) is 16.1. The quantitative estimate of drug-likeness (QED) is 0.406. The van der Waals surface area contributed by atoms with Gasteiger partial charge in [-0.2, -0.15) is 0 Å². The summed E-state index contributed by atoms with van der Waals surface area (Å²) in [5.74, 6) is 2.69. The first-order valence-corrected chi connectivity index (χ1v) is 9.57. The Hall–Kier alpha value is -1.54. The van der Waals surface area contributed by atoms with Crippen molar-refractivity contribution in [3.63, 3.8) is 0 Å². The number of nitrogens with one attached hydrogen (secondary N) is 1. The molecule has 1 aromatic heterocycles. The second-order valence-electron chi connectivity index (χ2n) is 5.81. The Labute approximate surface area is 156 Å². The van der Waals surface area contributed by atoms with Gasteiger partial charge in [0.2, 0.25) is 6.79 Å². The first kappa shape index (κ1) is 17.3. The molecule has 5 nitrogen and oxygen atoms in total. The molecular weight excluding hydrogens is 417 g/mol. The van der Waals surface area contributed by atoms with Gasteiger partial charge in [-0.1, -0.05) is 34.7 Å². The first-order chi connectivity index (χ1) is 11.7. The van der Waals surface area contributed by atoms with Crippen LogP contribution in [0.15, 0.2) is 36.4 Å². The highest BCUT2D eigenvalue weighted by Crippen LogP contribution is 2.34. The highest BCUT2D eigenvalue weighted by molar-refractivity contribution is 14.1. The van der Waals surface area contributed by atoms with Gasteiger partial charge in [-0.3, -0.25) is 0 Å². The van der Waals surface area contributed by atoms with Gasteiger partial charge in [0.1, 0.15) is 5.82 Å². The lowest BCUT2D eigenvalue weighted by Gasteiger charge is -2.23. The Balaban J connectivity index is 1.55. The zero-order chi connectivity index (χ0) is 16.9. The van der Waals surface area contributed by atoms with Crippen molar-refractivity contribution in [1.29, 1.82) is 0 Å². The third-order valence-corrected chi connectivity index (χ3v) is 4.89. The molecule has 128 valence electrons. The lowest BCUT2D eigenvalue weighted by Crippen LogP contribution is -2.33. The van der Waals surface area contributed by atoms with Crippen molar-refractivity contribution in [2.75, 3.05) is 29.3 Å². The maximum Gasteiger partial charge on any atom is 0.231 e. The summed E-state index contributed by atoms with van der Waals surface area (Å²) in [6.07, 6.45) is 0. The Kier molecular flexibility index (Phi) is 5.78. The minimum Gasteiger partial charge on any atom is -0.454 e. The molecule has 0 spiro atoms. The largest absolute Gasteiger partial charge is 0.454 e. The lowest BCUT2D eigenvalue weighted by atomic mass is 10.1. The van der Waals surface area contributed by atoms with Crippen molar-refractivity contribution in [1.82, 2.24) is 10.3 Å². The van der Waals surface area contributed by atoms with Gasteiger partial charge in [0, 0.05) is 24.8 Å². The third kappa shape index (κ3) is 4.10. The summed E-state index contributed by atoms with van der Waals surface area (Å²) in [7, 11) is 0. The van der Waals surface area contributed by atoms with E-state index in [1.807, 2.05) is 19.1 Å². The Morgan fingerprint density at radius 2 is 2.08 bits per heavy atom. The van der Waals surface area contributed by atoms with Crippen LogP contribution in [0.2, 0.25) is 0 Å². The number of aromatic nitrogens is 1. The summed E-state index contributed by atoms with van der Waals surface area (Å²) in [5, 5.41) is 3.57. The average molecular weight is 439 g/mol. The molecule has 0 amide bonds. The van der Waals surface area contributed by atoms with Crippen molar-refractivity contribution in [3.05, 3.63) is 47.7 Å². The number of ether oxygens (including phenoxy) is 2. The molecule has 1 N–H and O–H groups in total. The van der Waals surface area contributed by atoms with Gasteiger partial charge < -0.3 is 19.7 Å². The first-order valence-electron chi connectivity index (χ1n) is 8.05. The number of halogens is 1. The molecule has 3 rings (SSSR count). The van der Waals surface area contributed by atoms with Crippen LogP contribution in [0.3, 0.4) is 0 Å². The second-order valence-corrected chi connectivity index (χ2v) is 6.49. The Morgan fingerprint density at radius 1 is 1.25 bits per heavy atom. The van der Waals surface area contributed by atoms with Crippen LogP contribution in [0.25, 0.3) is 0 Å². The number of anilines is 1. The number of alkyl halides is 1. The minimum atomic E-state index is 0.251. The summed E-state index contributed by atoms with van der Waals surface area (Å²) in [4.78, 5) is 6.87. The maximum absolute atomic E-state index is 5.45. The average Bonchev–Trinajstić information content (AvgIpc) is 3.06. The molecule has 0 saturated carbocycles. The second kappa shape index (κ2) is 8.02. The molecule has 6 heteroatoms. The highest BCUT2D eigenvalue weighted by Gasteiger charge is 2.15. The third-order valence-electron chi connectivity index (χ3n) is 4.07. The van der Waals surface area contributed by atoms with E-state index in [1.165, 1.54) is 5.56 Å². The predicted molar refractivity (Wildman–Crippen MR) is 104 cm³/mol. The van der Waals surface area contributed by atoms with E-state index < -0.39 is 0 Å². The molecular formula is C18H22IN3O2. The van der Waals surface area contributed by atoms with Crippen molar-refractivity contribution in [3.8, 4) is 11.5 Å². The molecule has 0 saturated heterocycles. The fraction of sp³-hybridized carbons (Fsp3) is 0.389. The van der Waals surface area contributed by atoms with Gasteiger partial charge in [-0.15, -0.1) is 0 Å². The molecule has 1 aromatic carbocycles. The minimum absolute atomic E-state index is 0.251. The van der Waals surface area contributed by atoms with Crippen LogP contribution in [-0.2, 0) is 0 Å². The van der Waals surface area contributed by atoms with E-state index >= 15 is 0 Å². The molecule has 2 heterocycles. The molecule has 1 aliphatic rings. The van der Waals surface area contributed by atoms with Crippen LogP contribution in [0.5, 0.6) is 11.5 Å². The summed E-state index contributed by atoms with van der Waals surface area (Å²) < 4.78 is 11.7. The summed E-state index contributed by atoms with van der Waals surface area (Å²) >= 11 is 2.38. The fourth-order valence-corrected chi connectivity index (χ4v) is 3.35. The van der Waals surface area contributed by atoms with Crippen molar-refractivity contribution in [2.45, 2.75) is 19.9 Å². The number of benzene rings is 1. The molecule has 0 radical (unpaired) electrons. The molecule has 2 aromatic rings. The zero-order valence-electron chi connectivity index (χ0n) is 14.0. The molecule has 1 aliphatic heterocycles. The molecule has 0 bridgehead atoms. The smallest absolute Gasteiger partial charge is 0.231 e. The topological polar surface area (TPSA) is 46.6 Å². The van der Waals surface area contributed by atoms with Crippen LogP contribution < -0.4 is 19.7 Å². The number of fused-ring (bicyclic) bond motifs is 1. The van der Waals surface area contributed by atoms with Crippen LogP contribution in [0.4, 0.5) is 5.82 Å². The number of nitrogens with zero attached hydrogens (tertiary/aromatic N) is 2. The normalized spacial score (nSPS) is 13.8. The lowest BCUT2D eigenvalue weighted by molar-refractivity contribution is 0.174. The molecule has 0 fully saturated rings. The summed E-state index contributed by atoms with van der Waals surface area (Å²) in [5.41, 5.74) is 2.25. The van der Waals surface area contributed by atoms with E-state index in [-0.39, 0.29) is 6.04 Å². The van der Waals surface area contributed by atoms with Gasteiger partial charge in [0.25, 0.3) is 0 Å². The monoisotopic (exact) mass is 439 g/mol. The number of rotatable bonds is 7. The van der Waals surface area contributed by atoms with E-state index in [1.54, 1.807) is 0 Å². The van der Waals surface area contributed by atoms with Gasteiger partial charge in [-0.05, 0) is 43.7 Å². The number of hydrogen-bond donors (Lipinski definition) is 1. The van der Waals surface area contributed by atoms with E-state index in [0.29, 0.717) is 6.79 Å². The van der Waals surface area contributed by atoms with E-state index in [4.69, 9.17) is 9.47 Å². The van der Waals surface area contributed by atoms with Crippen LogP contribution in [-0.4, -0.2) is 29.4 Å². The Bertz CT molecular complexity index is 696. The van der Waals surface area contributed by atoms with Crippen molar-refractivity contribution < 1.29 is 9.47 Å². The van der Waals surface area contributed by atoms with Gasteiger partial charge in [0.05, 0.1) is 4.55 Å². The molecule has 1 atom stereocenters. The SMILES string of the molecule is Cc1cccc(N(CI)CCNC(C)c2ccc3c(c2)OCO3)n1. The fourth-order valence-electron chi connectivity index (χ4n) is 2.66. The van der Waals surface area contributed by atoms with Crippen molar-refractivity contribution >= 4 is 28.4 Å². The van der Waals surface area contributed by atoms with E-state index in [0.717, 1.165) is 40.7 Å². The van der Waals surface area contributed by atoms with E-state index in [9.17, 15) is 0 Å². The summed E-state index contributed by atoms with van der Waals surface area (Å²) in [6, 6.07) is 12.5. The number of hydrogen-bond acceptors (Lipinski definition) is 5. The molecule has 0 aliphatic carbocycles. The van der Waals surface area contributed by atoms with Crippen LogP contribution in [0.1, 0.15) is 24.2 Å². The molecule has 1 unspecified atom stereocenters. The number of aryl methyl sites for hydroxylation is 1. The molecule has 24 heavy (non-hydrogen) atoms. The van der Waals surface area contributed by atoms with Gasteiger partial charge in [0.15, 0.2) is 11.5 Å². The Morgan fingerprint density at radius 3 is 2.88 bits per heavy atom. The summed E-state index contributed by atoms with van der Waals surface area (Å²) in [6.45, 7) is 6.29. The van der Waals surface area contributed by atoms with Crippen molar-refractivity contribution in [2.24, 2.45) is 0 Å². The van der Waals surface area contributed by atoms with Crippen LogP contribution >= 0.6 is 22.6 Å². The van der Waals surface area contributed by atoms with Crippen LogP contribution in [0, 0.1) is 6.92 Å². The van der Waals surface area contributed by atoms with Gasteiger partial charge in [-0.25, -0.2) is 4.98 Å². The van der Waals surface area contributed by atoms with Gasteiger partial charge >= 0.3 is 0 Å². The van der Waals surface area contributed by atoms with E-state index in [2.05, 4.69) is 69.0 Å².